The molecule has 1 saturated carbocycles. The molecule has 1 aliphatic carbocycles. The van der Waals surface area contributed by atoms with Crippen LogP contribution < -0.4 is 4.84 Å². The summed E-state index contributed by atoms with van der Waals surface area (Å²) in [6, 6.07) is 7.34. The van der Waals surface area contributed by atoms with Gasteiger partial charge in [-0.3, -0.25) is 0 Å². The lowest BCUT2D eigenvalue weighted by atomic mass is 9.89. The van der Waals surface area contributed by atoms with Crippen LogP contribution in [0.3, 0.4) is 0 Å². The molecule has 7 heteroatoms. The number of rotatable bonds is 2. The Morgan fingerprint density at radius 1 is 1.22 bits per heavy atom. The molecule has 2 unspecified atom stereocenters. The third-order valence-corrected chi connectivity index (χ3v) is 4.57. The van der Waals surface area contributed by atoms with Gasteiger partial charge in [0.1, 0.15) is 11.0 Å². The van der Waals surface area contributed by atoms with Crippen molar-refractivity contribution in [3.63, 3.8) is 0 Å². The predicted octanol–water partition coefficient (Wildman–Crippen LogP) is 1.71. The number of hydrogen-bond donors (Lipinski definition) is 0. The van der Waals surface area contributed by atoms with Crippen molar-refractivity contribution in [2.45, 2.75) is 51.6 Å². The quantitative estimate of drug-likeness (QED) is 0.785. The second-order valence-electron chi connectivity index (χ2n) is 7.01. The maximum Gasteiger partial charge on any atom is 0.341 e. The fourth-order valence-electron chi connectivity index (χ4n) is 3.50. The van der Waals surface area contributed by atoms with Gasteiger partial charge in [0.2, 0.25) is 0 Å². The molecule has 1 aromatic heterocycles. The molecule has 0 spiro atoms. The van der Waals surface area contributed by atoms with E-state index < -0.39 is 11.2 Å². The third-order valence-electron chi connectivity index (χ3n) is 4.57. The average Bonchev–Trinajstić information content (AvgIpc) is 3.09. The van der Waals surface area contributed by atoms with E-state index in [1.165, 1.54) is 4.85 Å². The largest absolute Gasteiger partial charge is 0.345 e. The predicted molar refractivity (Wildman–Crippen MR) is 80.3 cm³/mol. The van der Waals surface area contributed by atoms with E-state index in [1.54, 1.807) is 0 Å². The molecule has 23 heavy (non-hydrogen) atoms. The van der Waals surface area contributed by atoms with E-state index in [-0.39, 0.29) is 18.2 Å². The van der Waals surface area contributed by atoms with Gasteiger partial charge in [0.05, 0.1) is 17.6 Å². The normalized spacial score (nSPS) is 32.1. The molecule has 0 N–H and O–H groups in total. The summed E-state index contributed by atoms with van der Waals surface area (Å²) in [6.45, 7) is 5.66. The summed E-state index contributed by atoms with van der Waals surface area (Å²) in [4.78, 5) is 19.3. The molecule has 122 valence electrons. The molecule has 4 rings (SSSR count). The lowest BCUT2D eigenvalue weighted by Crippen LogP contribution is -2.36. The highest BCUT2D eigenvalue weighted by molar-refractivity contribution is 5.79. The summed E-state index contributed by atoms with van der Waals surface area (Å²) in [6.07, 6.45) is 1.00. The Labute approximate surface area is 133 Å². The zero-order valence-corrected chi connectivity index (χ0v) is 13.4. The number of carbonyl (C=O) groups is 1. The summed E-state index contributed by atoms with van der Waals surface area (Å²) < 4.78 is 11.7. The SMILES string of the molecule is CC1(C)OC2CC(C)(C(=O)On3nnc4ccccc43)CC2O1. The van der Waals surface area contributed by atoms with Crippen molar-refractivity contribution in [1.29, 1.82) is 0 Å². The zero-order chi connectivity index (χ0) is 16.2. The number of fused-ring (bicyclic) bond motifs is 2. The smallest absolute Gasteiger partial charge is 0.341 e. The Bertz CT molecular complexity index is 754. The average molecular weight is 317 g/mol. The van der Waals surface area contributed by atoms with E-state index in [2.05, 4.69) is 10.3 Å². The van der Waals surface area contributed by atoms with Crippen LogP contribution in [-0.4, -0.2) is 39.1 Å². The van der Waals surface area contributed by atoms with Gasteiger partial charge >= 0.3 is 5.97 Å². The van der Waals surface area contributed by atoms with Gasteiger partial charge < -0.3 is 14.3 Å². The topological polar surface area (TPSA) is 75.5 Å². The van der Waals surface area contributed by atoms with E-state index in [0.29, 0.717) is 23.9 Å². The van der Waals surface area contributed by atoms with Crippen molar-refractivity contribution in [3.05, 3.63) is 24.3 Å². The van der Waals surface area contributed by atoms with Crippen molar-refractivity contribution in [2.75, 3.05) is 0 Å². The van der Waals surface area contributed by atoms with E-state index >= 15 is 0 Å². The van der Waals surface area contributed by atoms with Crippen LogP contribution in [0.2, 0.25) is 0 Å². The molecule has 0 amide bonds. The molecule has 1 aromatic carbocycles. The number of ether oxygens (including phenoxy) is 2. The highest BCUT2D eigenvalue weighted by Gasteiger charge is 2.55. The van der Waals surface area contributed by atoms with E-state index in [1.807, 2.05) is 45.0 Å². The van der Waals surface area contributed by atoms with Crippen LogP contribution in [0.25, 0.3) is 11.0 Å². The van der Waals surface area contributed by atoms with Crippen molar-refractivity contribution < 1.29 is 19.1 Å². The van der Waals surface area contributed by atoms with Gasteiger partial charge in [-0.2, -0.15) is 0 Å². The van der Waals surface area contributed by atoms with Gasteiger partial charge in [-0.25, -0.2) is 4.79 Å². The summed E-state index contributed by atoms with van der Waals surface area (Å²) in [5, 5.41) is 7.88. The minimum absolute atomic E-state index is 0.0740. The number of hydrogen-bond acceptors (Lipinski definition) is 6. The number of benzene rings is 1. The zero-order valence-electron chi connectivity index (χ0n) is 13.4. The second kappa shape index (κ2) is 4.75. The Morgan fingerprint density at radius 2 is 1.87 bits per heavy atom. The van der Waals surface area contributed by atoms with Gasteiger partial charge in [0, 0.05) is 0 Å². The van der Waals surface area contributed by atoms with Gasteiger partial charge in [-0.05, 0) is 51.0 Å². The van der Waals surface area contributed by atoms with Gasteiger partial charge in [0.15, 0.2) is 5.79 Å². The molecule has 2 atom stereocenters. The van der Waals surface area contributed by atoms with Crippen LogP contribution in [0.5, 0.6) is 0 Å². The van der Waals surface area contributed by atoms with Crippen LogP contribution in [0.15, 0.2) is 24.3 Å². The van der Waals surface area contributed by atoms with E-state index in [0.717, 1.165) is 0 Å². The van der Waals surface area contributed by atoms with Crippen molar-refractivity contribution in [1.82, 2.24) is 15.2 Å². The highest BCUT2D eigenvalue weighted by Crippen LogP contribution is 2.47. The third kappa shape index (κ3) is 2.40. The standard InChI is InChI=1S/C16H19N3O4/c1-15(2)21-12-8-16(3,9-13(12)22-15)14(20)23-19-11-7-5-4-6-10(11)17-18-19/h4-7,12-13H,8-9H2,1-3H3. The monoisotopic (exact) mass is 317 g/mol. The number of nitrogens with zero attached hydrogens (tertiary/aromatic N) is 3. The minimum Gasteiger partial charge on any atom is -0.345 e. The van der Waals surface area contributed by atoms with Gasteiger partial charge in [-0.15, -0.1) is 5.10 Å². The fraction of sp³-hybridized carbons (Fsp3) is 0.562. The Hall–Kier alpha value is -1.99. The first-order valence-corrected chi connectivity index (χ1v) is 7.75. The fourth-order valence-corrected chi connectivity index (χ4v) is 3.50. The molecule has 7 nitrogen and oxygen atoms in total. The molecule has 1 saturated heterocycles. The molecule has 1 aliphatic heterocycles. The van der Waals surface area contributed by atoms with Crippen molar-refractivity contribution in [2.24, 2.45) is 5.41 Å². The second-order valence-corrected chi connectivity index (χ2v) is 7.01. The van der Waals surface area contributed by atoms with Crippen LogP contribution in [0.4, 0.5) is 0 Å². The summed E-state index contributed by atoms with van der Waals surface area (Å²) in [5.74, 6) is -0.921. The van der Waals surface area contributed by atoms with Crippen LogP contribution in [0, 0.1) is 5.41 Å². The Balaban J connectivity index is 1.52. The highest BCUT2D eigenvalue weighted by atomic mass is 16.8. The summed E-state index contributed by atoms with van der Waals surface area (Å²) in [5.41, 5.74) is 0.692. The number of aromatic nitrogens is 3. The number of para-hydroxylation sites is 1. The van der Waals surface area contributed by atoms with E-state index in [4.69, 9.17) is 14.3 Å². The first kappa shape index (κ1) is 14.6. The molecule has 2 aliphatic rings. The van der Waals surface area contributed by atoms with Gasteiger partial charge in [0.25, 0.3) is 0 Å². The molecule has 0 radical (unpaired) electrons. The lowest BCUT2D eigenvalue weighted by Gasteiger charge is -2.25. The Morgan fingerprint density at radius 3 is 2.57 bits per heavy atom. The summed E-state index contributed by atoms with van der Waals surface area (Å²) >= 11 is 0. The minimum atomic E-state index is -0.654. The molecule has 2 aromatic rings. The van der Waals surface area contributed by atoms with Crippen LogP contribution in [0.1, 0.15) is 33.6 Å². The molecule has 2 heterocycles. The summed E-state index contributed by atoms with van der Waals surface area (Å²) in [7, 11) is 0. The van der Waals surface area contributed by atoms with Crippen LogP contribution >= 0.6 is 0 Å². The molecular formula is C16H19N3O4. The molecular weight excluding hydrogens is 298 g/mol. The first-order chi connectivity index (χ1) is 10.9. The molecule has 2 fully saturated rings. The van der Waals surface area contributed by atoms with Crippen molar-refractivity contribution >= 4 is 17.0 Å². The van der Waals surface area contributed by atoms with Crippen molar-refractivity contribution in [3.8, 4) is 0 Å². The Kier molecular flexibility index (Phi) is 3.01. The molecule has 0 bridgehead atoms. The maximum atomic E-state index is 12.6. The first-order valence-electron chi connectivity index (χ1n) is 7.75. The van der Waals surface area contributed by atoms with Gasteiger partial charge in [-0.1, -0.05) is 17.0 Å². The van der Waals surface area contributed by atoms with Crippen LogP contribution in [-0.2, 0) is 14.3 Å². The number of carbonyl (C=O) groups excluding carboxylic acids is 1. The lowest BCUT2D eigenvalue weighted by molar-refractivity contribution is -0.172. The van der Waals surface area contributed by atoms with E-state index in [9.17, 15) is 4.79 Å². The maximum absolute atomic E-state index is 12.6.